The van der Waals surface area contributed by atoms with Crippen LogP contribution in [0, 0.1) is 34.9 Å². The zero-order valence-electron chi connectivity index (χ0n) is 21.5. The van der Waals surface area contributed by atoms with Gasteiger partial charge in [0, 0.05) is 24.3 Å². The summed E-state index contributed by atoms with van der Waals surface area (Å²) in [6.45, 7) is 1.16. The molecule has 0 amide bonds. The first-order valence-corrected chi connectivity index (χ1v) is 12.2. The Bertz CT molecular complexity index is 1110. The third kappa shape index (κ3) is 9.54. The number of rotatable bonds is 10. The largest absolute Gasteiger partial charge is 0.469 e. The number of ether oxygens (including phenoxy) is 4. The lowest BCUT2D eigenvalue weighted by molar-refractivity contribution is -0.163. The van der Waals surface area contributed by atoms with Gasteiger partial charge in [0.25, 0.3) is 0 Å². The molecular weight excluding hydrogens is 534 g/mol. The maximum Gasteiger partial charge on any atom is 0.313 e. The van der Waals surface area contributed by atoms with Crippen LogP contribution in [0.25, 0.3) is 0 Å². The third-order valence-corrected chi connectivity index (χ3v) is 5.93. The highest BCUT2D eigenvalue weighted by molar-refractivity contribution is 5.78. The fourth-order valence-corrected chi connectivity index (χ4v) is 3.79. The van der Waals surface area contributed by atoms with E-state index in [9.17, 15) is 35.9 Å². The summed E-state index contributed by atoms with van der Waals surface area (Å²) in [5.41, 5.74) is -0.418. The maximum atomic E-state index is 14.0. The van der Waals surface area contributed by atoms with Crippen LogP contribution in [0.1, 0.15) is 55.6 Å². The van der Waals surface area contributed by atoms with Crippen molar-refractivity contribution in [1.29, 1.82) is 0 Å². The van der Waals surface area contributed by atoms with E-state index < -0.39 is 59.2 Å². The molecule has 6 nitrogen and oxygen atoms in total. The second kappa shape index (κ2) is 16.1. The Balaban J connectivity index is 0.000000322. The molecule has 0 saturated carbocycles. The van der Waals surface area contributed by atoms with E-state index in [0.717, 1.165) is 50.6 Å². The van der Waals surface area contributed by atoms with Crippen molar-refractivity contribution in [2.24, 2.45) is 0 Å². The summed E-state index contributed by atoms with van der Waals surface area (Å²) in [5.74, 6) is -10.8. The number of carbonyl (C=O) groups excluding carboxylic acids is 2. The van der Waals surface area contributed by atoms with Crippen LogP contribution in [-0.2, 0) is 35.0 Å². The lowest BCUT2D eigenvalue weighted by Crippen LogP contribution is -2.22. The first kappa shape index (κ1) is 32.1. The molecule has 1 heterocycles. The van der Waals surface area contributed by atoms with Gasteiger partial charge in [-0.25, -0.2) is 26.3 Å². The van der Waals surface area contributed by atoms with Gasteiger partial charge in [-0.3, -0.25) is 9.59 Å². The zero-order valence-corrected chi connectivity index (χ0v) is 21.5. The predicted octanol–water partition coefficient (Wildman–Crippen LogP) is 5.89. The minimum absolute atomic E-state index is 0.186. The molecular formula is C27H30F6O6. The molecule has 1 aliphatic rings. The van der Waals surface area contributed by atoms with Gasteiger partial charge in [0.15, 0.2) is 41.2 Å². The van der Waals surface area contributed by atoms with Crippen LogP contribution in [0.15, 0.2) is 24.3 Å². The number of unbranched alkanes of at least 4 members (excludes halogenated alkanes) is 1. The van der Waals surface area contributed by atoms with Crippen molar-refractivity contribution in [3.8, 4) is 0 Å². The Morgan fingerprint density at radius 3 is 2.15 bits per heavy atom. The zero-order chi connectivity index (χ0) is 28.9. The molecule has 0 aromatic heterocycles. The van der Waals surface area contributed by atoms with E-state index in [1.54, 1.807) is 0 Å². The minimum atomic E-state index is -1.58. The number of esters is 2. The van der Waals surface area contributed by atoms with Gasteiger partial charge in [-0.05, 0) is 50.7 Å². The smallest absolute Gasteiger partial charge is 0.313 e. The summed E-state index contributed by atoms with van der Waals surface area (Å²) < 4.78 is 98.5. The molecule has 0 radical (unpaired) electrons. The number of methoxy groups -OCH3 is 2. The second-order valence-electron chi connectivity index (χ2n) is 8.59. The normalized spacial score (nSPS) is 15.6. The fraction of sp³-hybridized carbons (Fsp3) is 0.481. The van der Waals surface area contributed by atoms with Crippen molar-refractivity contribution >= 4 is 11.9 Å². The lowest BCUT2D eigenvalue weighted by atomic mass is 9.93. The van der Waals surface area contributed by atoms with Crippen molar-refractivity contribution in [3.05, 3.63) is 70.3 Å². The van der Waals surface area contributed by atoms with Crippen LogP contribution < -0.4 is 0 Å². The van der Waals surface area contributed by atoms with E-state index in [4.69, 9.17) is 9.47 Å². The van der Waals surface area contributed by atoms with E-state index in [-0.39, 0.29) is 23.8 Å². The quantitative estimate of drug-likeness (QED) is 0.155. The molecule has 12 heteroatoms. The number of hydrogen-bond donors (Lipinski definition) is 0. The molecule has 1 fully saturated rings. The van der Waals surface area contributed by atoms with E-state index in [1.807, 2.05) is 0 Å². The van der Waals surface area contributed by atoms with Crippen molar-refractivity contribution in [3.63, 3.8) is 0 Å². The molecule has 0 spiro atoms. The van der Waals surface area contributed by atoms with Crippen LogP contribution in [0.2, 0.25) is 0 Å². The first-order chi connectivity index (χ1) is 18.6. The summed E-state index contributed by atoms with van der Waals surface area (Å²) in [6.07, 6.45) is 3.82. The predicted molar refractivity (Wildman–Crippen MR) is 127 cm³/mol. The monoisotopic (exact) mass is 564 g/mol. The minimum Gasteiger partial charge on any atom is -0.469 e. The summed E-state index contributed by atoms with van der Waals surface area (Å²) >= 11 is 0. The van der Waals surface area contributed by atoms with Crippen LogP contribution in [0.4, 0.5) is 26.3 Å². The van der Waals surface area contributed by atoms with Crippen LogP contribution in [0.3, 0.4) is 0 Å². The molecule has 1 saturated heterocycles. The number of halogens is 6. The van der Waals surface area contributed by atoms with E-state index in [1.165, 1.54) is 7.11 Å². The molecule has 2 aromatic rings. The van der Waals surface area contributed by atoms with Crippen LogP contribution >= 0.6 is 0 Å². The Hall–Kier alpha value is -3.12. The molecule has 2 atom stereocenters. The van der Waals surface area contributed by atoms with Crippen LogP contribution in [0.5, 0.6) is 0 Å². The van der Waals surface area contributed by atoms with Crippen molar-refractivity contribution in [2.45, 2.75) is 57.2 Å². The summed E-state index contributed by atoms with van der Waals surface area (Å²) in [6, 6.07) is 3.66. The van der Waals surface area contributed by atoms with Gasteiger partial charge in [0.1, 0.15) is 0 Å². The molecule has 2 unspecified atom stereocenters. The Labute approximate surface area is 222 Å². The Morgan fingerprint density at radius 1 is 0.872 bits per heavy atom. The average molecular weight is 565 g/mol. The van der Waals surface area contributed by atoms with E-state index in [2.05, 4.69) is 9.47 Å². The van der Waals surface area contributed by atoms with Gasteiger partial charge >= 0.3 is 11.9 Å². The van der Waals surface area contributed by atoms with Crippen molar-refractivity contribution in [1.82, 2.24) is 0 Å². The number of benzene rings is 2. The number of carbonyl (C=O) groups is 2. The summed E-state index contributed by atoms with van der Waals surface area (Å²) in [5, 5.41) is 0. The summed E-state index contributed by atoms with van der Waals surface area (Å²) in [7, 11) is 2.30. The van der Waals surface area contributed by atoms with Gasteiger partial charge in [0.2, 0.25) is 0 Å². The lowest BCUT2D eigenvalue weighted by Gasteiger charge is -2.22. The highest BCUT2D eigenvalue weighted by atomic mass is 19.2. The first-order valence-electron chi connectivity index (χ1n) is 12.2. The fourth-order valence-electron chi connectivity index (χ4n) is 3.79. The van der Waals surface area contributed by atoms with Crippen molar-refractivity contribution < 1.29 is 54.9 Å². The average Bonchev–Trinajstić information content (AvgIpc) is 2.95. The number of hydrogen-bond acceptors (Lipinski definition) is 6. The second-order valence-corrected chi connectivity index (χ2v) is 8.59. The van der Waals surface area contributed by atoms with Gasteiger partial charge < -0.3 is 18.9 Å². The molecule has 0 bridgehead atoms. The Kier molecular flexibility index (Phi) is 13.2. The molecule has 1 aliphatic heterocycles. The molecule has 0 N–H and O–H groups in total. The molecule has 2 aromatic carbocycles. The van der Waals surface area contributed by atoms with Gasteiger partial charge in [-0.15, -0.1) is 0 Å². The van der Waals surface area contributed by atoms with Gasteiger partial charge in [-0.1, -0.05) is 12.1 Å². The third-order valence-electron chi connectivity index (χ3n) is 5.93. The van der Waals surface area contributed by atoms with Gasteiger partial charge in [-0.2, -0.15) is 0 Å². The van der Waals surface area contributed by atoms with E-state index in [0.29, 0.717) is 26.1 Å². The molecule has 0 aliphatic carbocycles. The SMILES string of the molecule is COC(=O)C(CCCCOC1CCCCO1)c1ccc(F)c(F)c1F.COC(=O)Cc1ccc(F)c(F)c1F. The van der Waals surface area contributed by atoms with Gasteiger partial charge in [0.05, 0.1) is 26.6 Å². The topological polar surface area (TPSA) is 71.1 Å². The molecule has 216 valence electrons. The molecule has 3 rings (SSSR count). The maximum absolute atomic E-state index is 14.0. The van der Waals surface area contributed by atoms with Crippen LogP contribution in [-0.4, -0.2) is 45.7 Å². The van der Waals surface area contributed by atoms with Crippen molar-refractivity contribution in [2.75, 3.05) is 27.4 Å². The molecule has 39 heavy (non-hydrogen) atoms. The summed E-state index contributed by atoms with van der Waals surface area (Å²) in [4.78, 5) is 22.6. The van der Waals surface area contributed by atoms with E-state index >= 15 is 0 Å². The highest BCUT2D eigenvalue weighted by Gasteiger charge is 2.27. The standard InChI is InChI=1S/C18H23F3O4.C9H7F3O2/c1-23-18(22)13(12-8-9-14(19)17(21)16(12)20)6-2-4-10-24-15-7-3-5-11-25-15;1-14-7(13)4-5-2-3-6(10)9(12)8(5)11/h8-9,13,15H,2-7,10-11H2,1H3;2-3H,4H2,1H3. The highest BCUT2D eigenvalue weighted by Crippen LogP contribution is 2.28. The Morgan fingerprint density at radius 2 is 1.54 bits per heavy atom.